The lowest BCUT2D eigenvalue weighted by Crippen LogP contribution is -2.49. The number of hydrogen-bond acceptors (Lipinski definition) is 9. The quantitative estimate of drug-likeness (QED) is 0.0325. The summed E-state index contributed by atoms with van der Waals surface area (Å²) in [5, 5.41) is 19.2. The van der Waals surface area contributed by atoms with Crippen molar-refractivity contribution >= 4 is 29.5 Å². The molecule has 0 aliphatic carbocycles. The number of rotatable bonds is 74. The van der Waals surface area contributed by atoms with Crippen LogP contribution in [-0.4, -0.2) is 149 Å². The van der Waals surface area contributed by atoms with Gasteiger partial charge in [0.15, 0.2) is 0 Å². The Morgan fingerprint density at radius 3 is 0.611 bits per heavy atom. The number of nitrogens with zero attached hydrogens (tertiary/aromatic N) is 3. The number of carbonyl (C=O) groups is 5. The summed E-state index contributed by atoms with van der Waals surface area (Å²) in [6.45, 7) is 18.4. The molecule has 0 radical (unpaired) electrons. The van der Waals surface area contributed by atoms with Crippen molar-refractivity contribution in [3.05, 3.63) is 0 Å². The van der Waals surface area contributed by atoms with Gasteiger partial charge in [0.1, 0.15) is 0 Å². The van der Waals surface area contributed by atoms with Crippen molar-refractivity contribution in [2.24, 2.45) is 0 Å². The molecule has 14 nitrogen and oxygen atoms in total. The van der Waals surface area contributed by atoms with E-state index in [1.165, 1.54) is 257 Å². The minimum absolute atomic E-state index is 0.00812. The molecule has 0 heterocycles. The second-order valence-electron chi connectivity index (χ2n) is 27.1. The third kappa shape index (κ3) is 66.6. The molecule has 0 unspecified atom stereocenters. The maximum absolute atomic E-state index is 13.8. The van der Waals surface area contributed by atoms with Crippen LogP contribution in [0.1, 0.15) is 356 Å². The number of amides is 5. The van der Waals surface area contributed by atoms with E-state index in [0.29, 0.717) is 72.0 Å². The third-order valence-electron chi connectivity index (χ3n) is 18.1. The second-order valence-corrected chi connectivity index (χ2v) is 27.1. The highest BCUT2D eigenvalue weighted by Crippen LogP contribution is 2.15. The minimum Gasteiger partial charge on any atom is -0.355 e. The van der Waals surface area contributed by atoms with Crippen molar-refractivity contribution in [3.63, 3.8) is 0 Å². The summed E-state index contributed by atoms with van der Waals surface area (Å²) in [5.74, 6) is -0.216. The number of hydrogen-bond donors (Lipinski definition) is 6. The van der Waals surface area contributed by atoms with Gasteiger partial charge in [0.2, 0.25) is 29.5 Å². The molecular formula is C76H153N9O5. The monoisotopic (exact) mass is 1270 g/mol. The zero-order valence-electron chi connectivity index (χ0n) is 60.6. The van der Waals surface area contributed by atoms with E-state index in [0.717, 1.165) is 64.2 Å². The molecule has 0 spiro atoms. The molecule has 0 saturated carbocycles. The largest absolute Gasteiger partial charge is 0.355 e. The van der Waals surface area contributed by atoms with Crippen LogP contribution in [0.4, 0.5) is 0 Å². The third-order valence-corrected chi connectivity index (χ3v) is 18.1. The Morgan fingerprint density at radius 2 is 0.378 bits per heavy atom. The fraction of sp³-hybridized carbons (Fsp3) is 0.934. The maximum Gasteiger partial charge on any atom is 0.234 e. The van der Waals surface area contributed by atoms with Gasteiger partial charge < -0.3 is 31.9 Å². The van der Waals surface area contributed by atoms with Crippen LogP contribution >= 0.6 is 0 Å². The SMILES string of the molecule is CCCCCCCCCCCCNC(=O)CNCCN(CCN(CCN(CC(=O)NCCCCCCCCCCCC)CC(=O)NCCCCCCCCCCCC)CC(=O)NCCCCCCCCCCCC)CC(=O)NCCCCCCCCCCCC. The van der Waals surface area contributed by atoms with Gasteiger partial charge in [0.05, 0.1) is 32.7 Å². The molecule has 5 amide bonds. The molecule has 14 heteroatoms. The molecule has 0 aromatic carbocycles. The lowest BCUT2D eigenvalue weighted by molar-refractivity contribution is -0.126. The first-order valence-corrected chi connectivity index (χ1v) is 39.4. The highest BCUT2D eigenvalue weighted by molar-refractivity contribution is 5.81. The first kappa shape index (κ1) is 87.2. The van der Waals surface area contributed by atoms with Gasteiger partial charge in [-0.2, -0.15) is 0 Å². The molecule has 0 rings (SSSR count). The molecule has 6 N–H and O–H groups in total. The van der Waals surface area contributed by atoms with Gasteiger partial charge in [-0.1, -0.05) is 324 Å². The Labute approximate surface area is 557 Å². The summed E-state index contributed by atoms with van der Waals surface area (Å²) >= 11 is 0. The van der Waals surface area contributed by atoms with Crippen molar-refractivity contribution in [1.82, 2.24) is 46.6 Å². The van der Waals surface area contributed by atoms with Gasteiger partial charge >= 0.3 is 0 Å². The smallest absolute Gasteiger partial charge is 0.234 e. The standard InChI is InChI=1S/C76H153N9O5/c1-6-11-16-21-26-31-36-41-46-51-56-78-72(86)67-77-61-62-83(68-73(87)79-57-52-47-42-37-32-27-22-17-12-7-2)63-64-84(69-74(88)80-58-53-48-43-38-33-28-23-18-13-8-3)65-66-85(70-75(89)81-59-54-49-44-39-34-29-24-19-14-9-4)71-76(90)82-60-55-50-45-40-35-30-25-20-15-10-5/h77H,6-71H2,1-5H3,(H,78,86)(H,79,87)(H,80,88)(H,81,89)(H,82,90). The van der Waals surface area contributed by atoms with Crippen LogP contribution in [0.3, 0.4) is 0 Å². The van der Waals surface area contributed by atoms with E-state index >= 15 is 0 Å². The highest BCUT2D eigenvalue weighted by Gasteiger charge is 2.20. The van der Waals surface area contributed by atoms with Crippen molar-refractivity contribution in [1.29, 1.82) is 0 Å². The first-order chi connectivity index (χ1) is 44.2. The van der Waals surface area contributed by atoms with E-state index in [9.17, 15) is 24.0 Å². The van der Waals surface area contributed by atoms with Crippen molar-refractivity contribution < 1.29 is 24.0 Å². The van der Waals surface area contributed by atoms with E-state index in [2.05, 4.69) is 76.3 Å². The first-order valence-electron chi connectivity index (χ1n) is 39.4. The Hall–Kier alpha value is -2.81. The molecule has 0 bridgehead atoms. The van der Waals surface area contributed by atoms with Gasteiger partial charge in [0.25, 0.3) is 0 Å². The predicted molar refractivity (Wildman–Crippen MR) is 386 cm³/mol. The molecule has 90 heavy (non-hydrogen) atoms. The van der Waals surface area contributed by atoms with Crippen LogP contribution in [0, 0.1) is 0 Å². The summed E-state index contributed by atoms with van der Waals surface area (Å²) in [4.78, 5) is 73.9. The Balaban J connectivity index is 6.04. The maximum atomic E-state index is 13.8. The molecule has 0 aliphatic rings. The van der Waals surface area contributed by atoms with Crippen molar-refractivity contribution in [2.45, 2.75) is 356 Å². The van der Waals surface area contributed by atoms with Gasteiger partial charge in [-0.05, 0) is 32.1 Å². The van der Waals surface area contributed by atoms with Gasteiger partial charge in [0, 0.05) is 72.0 Å². The van der Waals surface area contributed by atoms with E-state index in [-0.39, 0.29) is 62.3 Å². The van der Waals surface area contributed by atoms with Crippen molar-refractivity contribution in [2.75, 3.05) is 105 Å². The summed E-state index contributed by atoms with van der Waals surface area (Å²) in [6, 6.07) is 0. The van der Waals surface area contributed by atoms with Crippen LogP contribution in [0.15, 0.2) is 0 Å². The van der Waals surface area contributed by atoms with Crippen molar-refractivity contribution in [3.8, 4) is 0 Å². The molecule has 0 aliphatic heterocycles. The topological polar surface area (TPSA) is 167 Å². The molecule has 0 saturated heterocycles. The normalized spacial score (nSPS) is 11.6. The summed E-state index contributed by atoms with van der Waals surface area (Å²) < 4.78 is 0. The lowest BCUT2D eigenvalue weighted by Gasteiger charge is -2.29. The van der Waals surface area contributed by atoms with Gasteiger partial charge in [-0.3, -0.25) is 38.7 Å². The average Bonchev–Trinajstić information content (AvgIpc) is 3.73. The zero-order valence-corrected chi connectivity index (χ0v) is 60.6. The minimum atomic E-state index is -0.0795. The fourth-order valence-corrected chi connectivity index (χ4v) is 12.1. The molecule has 0 fully saturated rings. The van der Waals surface area contributed by atoms with Gasteiger partial charge in [-0.15, -0.1) is 0 Å². The molecular weight excluding hydrogens is 1120 g/mol. The van der Waals surface area contributed by atoms with Crippen LogP contribution in [-0.2, 0) is 24.0 Å². The Kier molecular flexibility index (Phi) is 69.8. The lowest BCUT2D eigenvalue weighted by atomic mass is 10.1. The molecule has 0 aromatic heterocycles. The average molecular weight is 1270 g/mol. The summed E-state index contributed by atoms with van der Waals surface area (Å²) in [7, 11) is 0. The highest BCUT2D eigenvalue weighted by atomic mass is 16.2. The van der Waals surface area contributed by atoms with Gasteiger partial charge in [-0.25, -0.2) is 0 Å². The van der Waals surface area contributed by atoms with Crippen LogP contribution in [0.2, 0.25) is 0 Å². The number of unbranched alkanes of at least 4 members (excludes halogenated alkanes) is 45. The fourth-order valence-electron chi connectivity index (χ4n) is 12.1. The molecule has 532 valence electrons. The Morgan fingerprint density at radius 1 is 0.200 bits per heavy atom. The summed E-state index contributed by atoms with van der Waals surface area (Å²) in [5.41, 5.74) is 0. The van der Waals surface area contributed by atoms with E-state index in [1.807, 2.05) is 4.90 Å². The zero-order chi connectivity index (χ0) is 65.5. The van der Waals surface area contributed by atoms with Crippen LogP contribution in [0.5, 0.6) is 0 Å². The van der Waals surface area contributed by atoms with E-state index < -0.39 is 0 Å². The molecule has 0 atom stereocenters. The predicted octanol–water partition coefficient (Wildman–Crippen LogP) is 16.7. The van der Waals surface area contributed by atoms with Crippen LogP contribution < -0.4 is 31.9 Å². The summed E-state index contributed by atoms with van der Waals surface area (Å²) in [6.07, 6.45) is 62.1. The van der Waals surface area contributed by atoms with E-state index in [4.69, 9.17) is 0 Å². The van der Waals surface area contributed by atoms with E-state index in [1.54, 1.807) is 0 Å². The van der Waals surface area contributed by atoms with Crippen LogP contribution in [0.25, 0.3) is 0 Å². The number of nitrogens with one attached hydrogen (secondary N) is 6. The number of carbonyl (C=O) groups excluding carboxylic acids is 5. The second kappa shape index (κ2) is 72.0. The molecule has 0 aromatic rings. The Bertz CT molecular complexity index is 1520.